The molecule has 1 saturated heterocycles. The Morgan fingerprint density at radius 3 is 2.41 bits per heavy atom. The van der Waals surface area contributed by atoms with Crippen molar-refractivity contribution in [2.45, 2.75) is 23.8 Å². The van der Waals surface area contributed by atoms with Crippen molar-refractivity contribution in [3.63, 3.8) is 0 Å². The van der Waals surface area contributed by atoms with Gasteiger partial charge in [0.25, 0.3) is 10.0 Å². The van der Waals surface area contributed by atoms with Gasteiger partial charge in [0.05, 0.1) is 17.7 Å². The maximum Gasteiger partial charge on any atom is 0.337 e. The summed E-state index contributed by atoms with van der Waals surface area (Å²) in [6.45, 7) is 1.99. The molecule has 1 aliphatic rings. The van der Waals surface area contributed by atoms with Crippen LogP contribution in [0, 0.1) is 0 Å². The molecule has 0 unspecified atom stereocenters. The third kappa shape index (κ3) is 5.41. The van der Waals surface area contributed by atoms with Crippen LogP contribution in [0.2, 0.25) is 5.02 Å². The number of nitrogens with one attached hydrogen (secondary N) is 1. The molecular formula is C20H23ClN2O5S. The number of esters is 1. The van der Waals surface area contributed by atoms with E-state index in [2.05, 4.69) is 21.4 Å². The number of sulfonamides is 1. The van der Waals surface area contributed by atoms with Gasteiger partial charge in [-0.1, -0.05) is 11.6 Å². The maximum absolute atomic E-state index is 12.7. The van der Waals surface area contributed by atoms with Crippen LogP contribution in [0.15, 0.2) is 47.4 Å². The van der Waals surface area contributed by atoms with Crippen molar-refractivity contribution in [1.82, 2.24) is 4.90 Å². The van der Waals surface area contributed by atoms with Crippen LogP contribution < -0.4 is 9.46 Å². The minimum atomic E-state index is -3.99. The largest absolute Gasteiger partial charge is 0.490 e. The first-order chi connectivity index (χ1) is 13.8. The standard InChI is InChI=1S/C20H23ClN2O5S/c1-23-11-9-17(10-12-23)28-16-6-4-15(5-7-16)22-29(25,26)19-13-14(20(24)27-2)3-8-18(19)21/h3-8,13,17,22H,9-12H2,1-2H3. The Morgan fingerprint density at radius 2 is 1.79 bits per heavy atom. The van der Waals surface area contributed by atoms with E-state index in [1.807, 2.05) is 0 Å². The Balaban J connectivity index is 1.71. The minimum Gasteiger partial charge on any atom is -0.490 e. The number of likely N-dealkylation sites (tertiary alicyclic amines) is 1. The predicted molar refractivity (Wildman–Crippen MR) is 111 cm³/mol. The number of methoxy groups -OCH3 is 1. The average molecular weight is 439 g/mol. The molecule has 1 N–H and O–H groups in total. The number of anilines is 1. The fourth-order valence-corrected chi connectivity index (χ4v) is 4.65. The number of hydrogen-bond acceptors (Lipinski definition) is 6. The van der Waals surface area contributed by atoms with Crippen molar-refractivity contribution >= 4 is 33.3 Å². The van der Waals surface area contributed by atoms with E-state index in [4.69, 9.17) is 16.3 Å². The van der Waals surface area contributed by atoms with Crippen molar-refractivity contribution in [2.24, 2.45) is 0 Å². The summed E-state index contributed by atoms with van der Waals surface area (Å²) in [4.78, 5) is 13.7. The van der Waals surface area contributed by atoms with Crippen LogP contribution in [-0.4, -0.2) is 52.6 Å². The summed E-state index contributed by atoms with van der Waals surface area (Å²) >= 11 is 6.04. The molecule has 1 heterocycles. The number of ether oxygens (including phenoxy) is 2. The van der Waals surface area contributed by atoms with E-state index in [0.29, 0.717) is 11.4 Å². The highest BCUT2D eigenvalue weighted by Crippen LogP contribution is 2.27. The summed E-state index contributed by atoms with van der Waals surface area (Å²) in [5, 5.41) is 0.00683. The molecule has 0 aromatic heterocycles. The van der Waals surface area contributed by atoms with E-state index < -0.39 is 16.0 Å². The monoisotopic (exact) mass is 438 g/mol. The first-order valence-electron chi connectivity index (χ1n) is 9.14. The number of rotatable bonds is 6. The zero-order chi connectivity index (χ0) is 21.0. The van der Waals surface area contributed by atoms with E-state index >= 15 is 0 Å². The molecule has 2 aromatic carbocycles. The number of hydrogen-bond donors (Lipinski definition) is 1. The topological polar surface area (TPSA) is 84.9 Å². The van der Waals surface area contributed by atoms with Gasteiger partial charge in [0.1, 0.15) is 16.7 Å². The third-order valence-electron chi connectivity index (χ3n) is 4.72. The zero-order valence-corrected chi connectivity index (χ0v) is 17.8. The van der Waals surface area contributed by atoms with Gasteiger partial charge >= 0.3 is 5.97 Å². The molecule has 0 bridgehead atoms. The molecule has 2 aromatic rings. The van der Waals surface area contributed by atoms with Gasteiger partial charge in [0.2, 0.25) is 0 Å². The molecule has 29 heavy (non-hydrogen) atoms. The molecule has 0 spiro atoms. The summed E-state index contributed by atoms with van der Waals surface area (Å²) in [6.07, 6.45) is 2.08. The van der Waals surface area contributed by atoms with Crippen molar-refractivity contribution in [1.29, 1.82) is 0 Å². The first-order valence-corrected chi connectivity index (χ1v) is 11.0. The number of benzene rings is 2. The second-order valence-electron chi connectivity index (χ2n) is 6.89. The molecule has 1 aliphatic heterocycles. The Hall–Kier alpha value is -2.29. The van der Waals surface area contributed by atoms with E-state index in [1.54, 1.807) is 24.3 Å². The SMILES string of the molecule is COC(=O)c1ccc(Cl)c(S(=O)(=O)Nc2ccc(OC3CCN(C)CC3)cc2)c1. The van der Waals surface area contributed by atoms with Crippen LogP contribution in [0.4, 0.5) is 5.69 Å². The third-order valence-corrected chi connectivity index (χ3v) is 6.58. The lowest BCUT2D eigenvalue weighted by Crippen LogP contribution is -2.35. The van der Waals surface area contributed by atoms with E-state index in [0.717, 1.165) is 25.9 Å². The molecule has 1 fully saturated rings. The average Bonchev–Trinajstić information content (AvgIpc) is 2.70. The molecular weight excluding hydrogens is 416 g/mol. The van der Waals surface area contributed by atoms with Gasteiger partial charge in [-0.15, -0.1) is 0 Å². The van der Waals surface area contributed by atoms with Gasteiger partial charge in [-0.2, -0.15) is 0 Å². The predicted octanol–water partition coefficient (Wildman–Crippen LogP) is 3.40. The fraction of sp³-hybridized carbons (Fsp3) is 0.350. The highest BCUT2D eigenvalue weighted by molar-refractivity contribution is 7.92. The van der Waals surface area contributed by atoms with Crippen LogP contribution in [-0.2, 0) is 14.8 Å². The molecule has 0 aliphatic carbocycles. The van der Waals surface area contributed by atoms with Gasteiger partial charge in [-0.25, -0.2) is 13.2 Å². The van der Waals surface area contributed by atoms with Crippen molar-refractivity contribution in [3.05, 3.63) is 53.1 Å². The Morgan fingerprint density at radius 1 is 1.14 bits per heavy atom. The van der Waals surface area contributed by atoms with Crippen LogP contribution in [0.25, 0.3) is 0 Å². The van der Waals surface area contributed by atoms with Gasteiger partial charge in [-0.05, 0) is 62.4 Å². The van der Waals surface area contributed by atoms with Crippen LogP contribution in [0.3, 0.4) is 0 Å². The molecule has 3 rings (SSSR count). The minimum absolute atomic E-state index is 0.00683. The number of halogens is 1. The van der Waals surface area contributed by atoms with Crippen molar-refractivity contribution < 1.29 is 22.7 Å². The van der Waals surface area contributed by atoms with E-state index in [9.17, 15) is 13.2 Å². The second-order valence-corrected chi connectivity index (χ2v) is 8.95. The fourth-order valence-electron chi connectivity index (χ4n) is 3.06. The molecule has 0 saturated carbocycles. The normalized spacial score (nSPS) is 15.7. The lowest BCUT2D eigenvalue weighted by atomic mass is 10.1. The summed E-state index contributed by atoms with van der Waals surface area (Å²) in [5.41, 5.74) is 0.458. The highest BCUT2D eigenvalue weighted by Gasteiger charge is 2.21. The van der Waals surface area contributed by atoms with Gasteiger partial charge < -0.3 is 14.4 Å². The molecule has 0 amide bonds. The molecule has 0 radical (unpaired) electrons. The molecule has 156 valence electrons. The first kappa shape index (κ1) is 21.4. The van der Waals surface area contributed by atoms with Crippen molar-refractivity contribution in [3.8, 4) is 5.75 Å². The Bertz CT molecular complexity index is 971. The molecule has 0 atom stereocenters. The lowest BCUT2D eigenvalue weighted by molar-refractivity contribution is 0.0600. The highest BCUT2D eigenvalue weighted by atomic mass is 35.5. The van der Waals surface area contributed by atoms with E-state index in [-0.39, 0.29) is 21.6 Å². The zero-order valence-electron chi connectivity index (χ0n) is 16.2. The van der Waals surface area contributed by atoms with Crippen molar-refractivity contribution in [2.75, 3.05) is 32.0 Å². The number of carbonyl (C=O) groups excluding carboxylic acids is 1. The van der Waals surface area contributed by atoms with Crippen LogP contribution >= 0.6 is 11.6 Å². The lowest BCUT2D eigenvalue weighted by Gasteiger charge is -2.29. The summed E-state index contributed by atoms with van der Waals surface area (Å²) in [7, 11) is -0.682. The maximum atomic E-state index is 12.7. The number of nitrogens with zero attached hydrogens (tertiary/aromatic N) is 1. The Kier molecular flexibility index (Phi) is 6.66. The number of piperidine rings is 1. The Labute approximate surface area is 175 Å². The quantitative estimate of drug-likeness (QED) is 0.696. The molecule has 7 nitrogen and oxygen atoms in total. The van der Waals surface area contributed by atoms with Crippen LogP contribution in [0.1, 0.15) is 23.2 Å². The van der Waals surface area contributed by atoms with E-state index in [1.165, 1.54) is 25.3 Å². The smallest absolute Gasteiger partial charge is 0.337 e. The van der Waals surface area contributed by atoms with Gasteiger partial charge in [0.15, 0.2) is 0 Å². The summed E-state index contributed by atoms with van der Waals surface area (Å²) < 4.78 is 38.5. The summed E-state index contributed by atoms with van der Waals surface area (Å²) in [6, 6.07) is 10.6. The molecule has 9 heteroatoms. The summed E-state index contributed by atoms with van der Waals surface area (Å²) in [5.74, 6) is 0.0433. The second kappa shape index (κ2) is 9.02. The number of carbonyl (C=O) groups is 1. The van der Waals surface area contributed by atoms with Gasteiger partial charge in [-0.3, -0.25) is 4.72 Å². The van der Waals surface area contributed by atoms with Gasteiger partial charge in [0, 0.05) is 18.8 Å². The van der Waals surface area contributed by atoms with Crippen LogP contribution in [0.5, 0.6) is 5.75 Å².